The average molecular weight is 741 g/mol. The molecule has 272 valence electrons. The van der Waals surface area contributed by atoms with Crippen molar-refractivity contribution in [2.75, 3.05) is 0 Å². The van der Waals surface area contributed by atoms with Gasteiger partial charge in [0.2, 0.25) is 0 Å². The quantitative estimate of drug-likeness (QED) is 0.172. The molecule has 0 atom stereocenters. The first-order valence-electron chi connectivity index (χ1n) is 20.0. The van der Waals surface area contributed by atoms with E-state index in [2.05, 4.69) is 215 Å². The van der Waals surface area contributed by atoms with Crippen LogP contribution in [0.1, 0.15) is 5.56 Å². The first-order valence-corrected chi connectivity index (χ1v) is 20.0. The number of hydrogen-bond acceptors (Lipinski definition) is 1. The summed E-state index contributed by atoms with van der Waals surface area (Å²) in [6, 6.07) is 74.9. The van der Waals surface area contributed by atoms with Gasteiger partial charge in [-0.3, -0.25) is 0 Å². The monoisotopic (exact) mass is 740 g/mol. The van der Waals surface area contributed by atoms with E-state index in [1.54, 1.807) is 0 Å². The van der Waals surface area contributed by atoms with Crippen LogP contribution in [0, 0.1) is 0 Å². The molecule has 0 spiro atoms. The Hall–Kier alpha value is -7.62. The smallest absolute Gasteiger partial charge is 0.129 e. The van der Waals surface area contributed by atoms with Crippen molar-refractivity contribution in [3.63, 3.8) is 0 Å². The van der Waals surface area contributed by atoms with Gasteiger partial charge < -0.3 is 13.9 Å². The molecule has 3 heteroatoms. The minimum Gasteiger partial charge on any atom is -0.488 e. The molecule has 12 rings (SSSR count). The topological polar surface area (TPSA) is 19.1 Å². The Morgan fingerprint density at radius 3 is 1.55 bits per heavy atom. The molecule has 11 aromatic rings. The molecule has 3 nitrogen and oxygen atoms in total. The summed E-state index contributed by atoms with van der Waals surface area (Å²) in [4.78, 5) is 0. The molecular weight excluding hydrogens is 705 g/mol. The second-order valence-electron chi connectivity index (χ2n) is 15.2. The number of hydrogen-bond donors (Lipinski definition) is 0. The van der Waals surface area contributed by atoms with Crippen LogP contribution >= 0.6 is 0 Å². The van der Waals surface area contributed by atoms with Crippen molar-refractivity contribution in [1.82, 2.24) is 9.13 Å². The third-order valence-corrected chi connectivity index (χ3v) is 12.0. The summed E-state index contributed by atoms with van der Waals surface area (Å²) in [6.07, 6.45) is 0. The van der Waals surface area contributed by atoms with Gasteiger partial charge in [-0.05, 0) is 93.5 Å². The summed E-state index contributed by atoms with van der Waals surface area (Å²) in [5.41, 5.74) is 17.8. The highest BCUT2D eigenvalue weighted by molar-refractivity contribution is 6.13. The Kier molecular flexibility index (Phi) is 7.29. The summed E-state index contributed by atoms with van der Waals surface area (Å²) >= 11 is 0. The Bertz CT molecular complexity index is 3400. The van der Waals surface area contributed by atoms with E-state index < -0.39 is 0 Å². The van der Waals surface area contributed by atoms with Crippen molar-refractivity contribution in [3.8, 4) is 61.6 Å². The normalized spacial score (nSPS) is 12.2. The molecule has 0 fully saturated rings. The molecule has 9 aromatic carbocycles. The number of rotatable bonds is 5. The van der Waals surface area contributed by atoms with Crippen LogP contribution in [0.2, 0.25) is 0 Å². The molecule has 1 aliphatic heterocycles. The summed E-state index contributed by atoms with van der Waals surface area (Å²) in [5.74, 6) is 0.925. The fourth-order valence-corrected chi connectivity index (χ4v) is 9.45. The minimum atomic E-state index is 0.584. The van der Waals surface area contributed by atoms with Gasteiger partial charge in [0.25, 0.3) is 0 Å². The first kappa shape index (κ1) is 32.6. The van der Waals surface area contributed by atoms with Crippen molar-refractivity contribution in [3.05, 3.63) is 212 Å². The molecule has 0 radical (unpaired) electrons. The van der Waals surface area contributed by atoms with E-state index in [1.807, 2.05) is 0 Å². The lowest BCUT2D eigenvalue weighted by molar-refractivity contribution is 0.302. The second-order valence-corrected chi connectivity index (χ2v) is 15.2. The molecule has 0 bridgehead atoms. The molecular formula is C55H36N2O. The van der Waals surface area contributed by atoms with Gasteiger partial charge in [-0.15, -0.1) is 0 Å². The number of aromatic nitrogens is 2. The Labute approximate surface area is 336 Å². The SMILES string of the molecule is c1ccc(-c2ccccc2-c2ccccc2-n2c3ccccc3c3cc(-c4ccc5c(c4)c4ccccc4n5-c4cccc5c4-c4ccccc4CO5)ccc32)cc1. The molecule has 2 aromatic heterocycles. The Balaban J connectivity index is 1.03. The molecule has 1 aliphatic rings. The standard InChI is InChI=1S/C55H36N2O/c1-2-15-36(16-3-1)40-18-6-7-20-42(40)43-21-8-11-24-48(43)56-49-25-12-9-22-44(49)46-33-37(29-31-51(46)56)38-30-32-52-47(34-38)45-23-10-13-26-50(45)57(52)53-27-14-28-54-55(53)41-19-5-4-17-39(41)35-58-54/h1-34H,35H2. The third kappa shape index (κ3) is 4.93. The van der Waals surface area contributed by atoms with Crippen molar-refractivity contribution in [2.45, 2.75) is 6.61 Å². The van der Waals surface area contributed by atoms with Gasteiger partial charge in [0.15, 0.2) is 0 Å². The zero-order valence-electron chi connectivity index (χ0n) is 31.6. The highest BCUT2D eigenvalue weighted by Gasteiger charge is 2.24. The van der Waals surface area contributed by atoms with Crippen molar-refractivity contribution >= 4 is 43.6 Å². The predicted octanol–water partition coefficient (Wildman–Crippen LogP) is 14.4. The van der Waals surface area contributed by atoms with E-state index in [4.69, 9.17) is 4.74 Å². The summed E-state index contributed by atoms with van der Waals surface area (Å²) in [7, 11) is 0. The van der Waals surface area contributed by atoms with E-state index >= 15 is 0 Å². The number of nitrogens with zero attached hydrogens (tertiary/aromatic N) is 2. The molecule has 58 heavy (non-hydrogen) atoms. The van der Waals surface area contributed by atoms with Crippen molar-refractivity contribution in [1.29, 1.82) is 0 Å². The van der Waals surface area contributed by atoms with E-state index in [-0.39, 0.29) is 0 Å². The van der Waals surface area contributed by atoms with Gasteiger partial charge in [-0.25, -0.2) is 0 Å². The first-order chi connectivity index (χ1) is 28.8. The number of para-hydroxylation sites is 3. The molecule has 0 saturated heterocycles. The molecule has 0 unspecified atom stereocenters. The molecule has 0 N–H and O–H groups in total. The highest BCUT2D eigenvalue weighted by Crippen LogP contribution is 2.45. The van der Waals surface area contributed by atoms with Gasteiger partial charge in [-0.1, -0.05) is 152 Å². The minimum absolute atomic E-state index is 0.584. The largest absolute Gasteiger partial charge is 0.488 e. The summed E-state index contributed by atoms with van der Waals surface area (Å²) < 4.78 is 11.2. The summed E-state index contributed by atoms with van der Waals surface area (Å²) in [5, 5.41) is 4.92. The van der Waals surface area contributed by atoms with Gasteiger partial charge in [-0.2, -0.15) is 0 Å². The maximum absolute atomic E-state index is 6.32. The molecule has 0 saturated carbocycles. The van der Waals surface area contributed by atoms with Crippen LogP contribution in [0.15, 0.2) is 206 Å². The summed E-state index contributed by atoms with van der Waals surface area (Å²) in [6.45, 7) is 0.584. The van der Waals surface area contributed by atoms with Crippen LogP contribution in [0.4, 0.5) is 0 Å². The average Bonchev–Trinajstić information content (AvgIpc) is 3.81. The Morgan fingerprint density at radius 2 is 0.845 bits per heavy atom. The fraction of sp³-hybridized carbons (Fsp3) is 0.0182. The maximum atomic E-state index is 6.32. The lowest BCUT2D eigenvalue weighted by atomic mass is 9.93. The zero-order valence-corrected chi connectivity index (χ0v) is 31.6. The van der Waals surface area contributed by atoms with Gasteiger partial charge in [0.05, 0.1) is 33.4 Å². The lowest BCUT2D eigenvalue weighted by Crippen LogP contribution is -2.08. The van der Waals surface area contributed by atoms with Crippen LogP contribution in [0.3, 0.4) is 0 Å². The Morgan fingerprint density at radius 1 is 0.328 bits per heavy atom. The maximum Gasteiger partial charge on any atom is 0.129 e. The van der Waals surface area contributed by atoms with Crippen LogP contribution < -0.4 is 4.74 Å². The van der Waals surface area contributed by atoms with Crippen molar-refractivity contribution < 1.29 is 4.74 Å². The van der Waals surface area contributed by atoms with Gasteiger partial charge >= 0.3 is 0 Å². The van der Waals surface area contributed by atoms with Crippen LogP contribution in [-0.2, 0) is 6.61 Å². The molecule has 3 heterocycles. The lowest BCUT2D eigenvalue weighted by Gasteiger charge is -2.24. The fourth-order valence-electron chi connectivity index (χ4n) is 9.45. The van der Waals surface area contributed by atoms with E-state index in [0.717, 1.165) is 22.7 Å². The van der Waals surface area contributed by atoms with Crippen LogP contribution in [0.25, 0.3) is 99.5 Å². The van der Waals surface area contributed by atoms with Crippen LogP contribution in [0.5, 0.6) is 5.75 Å². The number of fused-ring (bicyclic) bond motifs is 9. The zero-order chi connectivity index (χ0) is 38.2. The van der Waals surface area contributed by atoms with Gasteiger partial charge in [0, 0.05) is 32.7 Å². The van der Waals surface area contributed by atoms with Crippen molar-refractivity contribution in [2.24, 2.45) is 0 Å². The van der Waals surface area contributed by atoms with E-state index in [1.165, 1.54) is 88.1 Å². The number of benzene rings is 9. The highest BCUT2D eigenvalue weighted by atomic mass is 16.5. The third-order valence-electron chi connectivity index (χ3n) is 12.0. The van der Waals surface area contributed by atoms with E-state index in [9.17, 15) is 0 Å². The molecule has 0 amide bonds. The predicted molar refractivity (Wildman–Crippen MR) is 241 cm³/mol. The number of ether oxygens (including phenoxy) is 1. The van der Waals surface area contributed by atoms with Crippen LogP contribution in [-0.4, -0.2) is 9.13 Å². The molecule has 0 aliphatic carbocycles. The van der Waals surface area contributed by atoms with E-state index in [0.29, 0.717) is 6.61 Å². The van der Waals surface area contributed by atoms with Gasteiger partial charge in [0.1, 0.15) is 12.4 Å². The second kappa shape index (κ2) is 13.0.